The normalized spacial score (nSPS) is 11.0. The topological polar surface area (TPSA) is 46.5 Å². The Bertz CT molecular complexity index is 898. The fraction of sp³-hybridized carbons (Fsp3) is 0.0455. The van der Waals surface area contributed by atoms with E-state index in [2.05, 4.69) is 6.58 Å². The van der Waals surface area contributed by atoms with Crippen LogP contribution in [0.3, 0.4) is 0 Å². The first-order chi connectivity index (χ1) is 12.2. The van der Waals surface area contributed by atoms with E-state index >= 15 is 0 Å². The van der Waals surface area contributed by atoms with Gasteiger partial charge >= 0.3 is 5.97 Å². The van der Waals surface area contributed by atoms with Crippen LogP contribution in [0.2, 0.25) is 0 Å². The van der Waals surface area contributed by atoms with Crippen molar-refractivity contribution in [1.82, 2.24) is 0 Å². The van der Waals surface area contributed by atoms with Gasteiger partial charge in [-0.3, -0.25) is 0 Å². The average Bonchev–Trinajstić information content (AvgIpc) is 2.67. The van der Waals surface area contributed by atoms with Crippen LogP contribution in [0.5, 0.6) is 11.5 Å². The van der Waals surface area contributed by atoms with Gasteiger partial charge in [-0.05, 0) is 29.3 Å². The number of benzene rings is 3. The van der Waals surface area contributed by atoms with Crippen LogP contribution in [-0.4, -0.2) is 11.1 Å². The first-order valence-corrected chi connectivity index (χ1v) is 7.97. The van der Waals surface area contributed by atoms with E-state index < -0.39 is 5.97 Å². The molecule has 0 aliphatic carbocycles. The summed E-state index contributed by atoms with van der Waals surface area (Å²) in [6, 6.07) is 22.8. The highest BCUT2D eigenvalue weighted by atomic mass is 16.5. The SMILES string of the molecule is C=Cc1ccccc1.O=C(O)c1cccc2c1Cc1ccccc1O2. The molecule has 0 unspecified atom stereocenters. The quantitative estimate of drug-likeness (QED) is 0.534. The molecule has 0 radical (unpaired) electrons. The van der Waals surface area contributed by atoms with Gasteiger partial charge in [-0.15, -0.1) is 0 Å². The molecule has 124 valence electrons. The predicted octanol–water partition coefficient (Wildman–Crippen LogP) is 5.41. The van der Waals surface area contributed by atoms with Gasteiger partial charge in [-0.25, -0.2) is 4.79 Å². The number of aromatic carboxylic acids is 1. The summed E-state index contributed by atoms with van der Waals surface area (Å²) in [5.74, 6) is 0.538. The highest BCUT2D eigenvalue weighted by molar-refractivity contribution is 5.90. The maximum atomic E-state index is 11.1. The second kappa shape index (κ2) is 7.49. The van der Waals surface area contributed by atoms with Crippen molar-refractivity contribution >= 4 is 12.0 Å². The first kappa shape index (κ1) is 16.5. The van der Waals surface area contributed by atoms with Crippen LogP contribution >= 0.6 is 0 Å². The molecule has 3 aromatic rings. The summed E-state index contributed by atoms with van der Waals surface area (Å²) in [7, 11) is 0. The summed E-state index contributed by atoms with van der Waals surface area (Å²) in [4.78, 5) is 11.1. The predicted molar refractivity (Wildman–Crippen MR) is 99.3 cm³/mol. The Morgan fingerprint density at radius 2 is 1.60 bits per heavy atom. The molecule has 0 saturated heterocycles. The molecule has 1 aliphatic rings. The maximum Gasteiger partial charge on any atom is 0.336 e. The minimum atomic E-state index is -0.912. The molecule has 25 heavy (non-hydrogen) atoms. The minimum absolute atomic E-state index is 0.317. The molecule has 0 saturated carbocycles. The molecule has 3 heteroatoms. The van der Waals surface area contributed by atoms with Gasteiger partial charge in [0.15, 0.2) is 0 Å². The second-order valence-corrected chi connectivity index (χ2v) is 5.59. The molecule has 0 aromatic heterocycles. The zero-order valence-electron chi connectivity index (χ0n) is 13.7. The Morgan fingerprint density at radius 3 is 2.28 bits per heavy atom. The molecular formula is C22H18O3. The van der Waals surface area contributed by atoms with Gasteiger partial charge in [0, 0.05) is 12.0 Å². The van der Waals surface area contributed by atoms with E-state index in [-0.39, 0.29) is 0 Å². The van der Waals surface area contributed by atoms with Crippen molar-refractivity contribution in [2.24, 2.45) is 0 Å². The summed E-state index contributed by atoms with van der Waals surface area (Å²) < 4.78 is 5.70. The van der Waals surface area contributed by atoms with Gasteiger partial charge in [-0.1, -0.05) is 67.3 Å². The fourth-order valence-corrected chi connectivity index (χ4v) is 2.69. The van der Waals surface area contributed by atoms with Crippen molar-refractivity contribution in [2.75, 3.05) is 0 Å². The zero-order valence-corrected chi connectivity index (χ0v) is 13.7. The van der Waals surface area contributed by atoms with Crippen molar-refractivity contribution in [1.29, 1.82) is 0 Å². The molecule has 0 fully saturated rings. The summed E-state index contributed by atoms with van der Waals surface area (Å²) in [6.07, 6.45) is 2.44. The number of rotatable bonds is 2. The summed E-state index contributed by atoms with van der Waals surface area (Å²) in [6.45, 7) is 3.63. The number of fused-ring (bicyclic) bond motifs is 2. The first-order valence-electron chi connectivity index (χ1n) is 7.97. The Labute approximate surface area is 146 Å². The molecule has 1 aliphatic heterocycles. The smallest absolute Gasteiger partial charge is 0.336 e. The highest BCUT2D eigenvalue weighted by Crippen LogP contribution is 2.37. The van der Waals surface area contributed by atoms with Gasteiger partial charge in [0.25, 0.3) is 0 Å². The maximum absolute atomic E-state index is 11.1. The van der Waals surface area contributed by atoms with E-state index in [1.165, 1.54) is 5.56 Å². The van der Waals surface area contributed by atoms with Crippen LogP contribution in [0.4, 0.5) is 0 Å². The lowest BCUT2D eigenvalue weighted by molar-refractivity contribution is 0.0695. The van der Waals surface area contributed by atoms with E-state index in [0.717, 1.165) is 16.9 Å². The summed E-state index contributed by atoms with van der Waals surface area (Å²) in [5.41, 5.74) is 3.26. The lowest BCUT2D eigenvalue weighted by Gasteiger charge is -2.21. The van der Waals surface area contributed by atoms with Crippen molar-refractivity contribution in [2.45, 2.75) is 6.42 Å². The fourth-order valence-electron chi connectivity index (χ4n) is 2.69. The number of carboxylic acid groups (broad SMARTS) is 1. The third-order valence-corrected chi connectivity index (χ3v) is 3.96. The van der Waals surface area contributed by atoms with Crippen LogP contribution in [0.1, 0.15) is 27.0 Å². The van der Waals surface area contributed by atoms with Gasteiger partial charge < -0.3 is 9.84 Å². The van der Waals surface area contributed by atoms with E-state index in [1.807, 2.05) is 60.7 Å². The second-order valence-electron chi connectivity index (χ2n) is 5.59. The van der Waals surface area contributed by atoms with Crippen molar-refractivity contribution in [3.05, 3.63) is 102 Å². The Hall–Kier alpha value is -3.33. The molecule has 1 N–H and O–H groups in total. The third kappa shape index (κ3) is 3.78. The number of carbonyl (C=O) groups is 1. The van der Waals surface area contributed by atoms with Crippen LogP contribution in [0, 0.1) is 0 Å². The molecular weight excluding hydrogens is 312 g/mol. The van der Waals surface area contributed by atoms with Crippen molar-refractivity contribution in [3.8, 4) is 11.5 Å². The highest BCUT2D eigenvalue weighted by Gasteiger charge is 2.21. The van der Waals surface area contributed by atoms with Gasteiger partial charge in [-0.2, -0.15) is 0 Å². The van der Waals surface area contributed by atoms with E-state index in [1.54, 1.807) is 18.2 Å². The number of carboxylic acids is 1. The molecule has 0 amide bonds. The lowest BCUT2D eigenvalue weighted by Crippen LogP contribution is -2.09. The van der Waals surface area contributed by atoms with Crippen LogP contribution in [0.15, 0.2) is 79.4 Å². The number of ether oxygens (including phenoxy) is 1. The van der Waals surface area contributed by atoms with E-state index in [4.69, 9.17) is 9.84 Å². The number of para-hydroxylation sites is 1. The minimum Gasteiger partial charge on any atom is -0.478 e. The van der Waals surface area contributed by atoms with Crippen LogP contribution in [-0.2, 0) is 6.42 Å². The number of hydrogen-bond donors (Lipinski definition) is 1. The Morgan fingerprint density at radius 1 is 0.920 bits per heavy atom. The molecule has 0 spiro atoms. The molecule has 4 rings (SSSR count). The molecule has 0 atom stereocenters. The summed E-state index contributed by atoms with van der Waals surface area (Å²) in [5, 5.41) is 9.13. The van der Waals surface area contributed by atoms with Crippen molar-refractivity contribution < 1.29 is 14.6 Å². The van der Waals surface area contributed by atoms with Gasteiger partial charge in [0.2, 0.25) is 0 Å². The molecule has 1 heterocycles. The van der Waals surface area contributed by atoms with Crippen molar-refractivity contribution in [3.63, 3.8) is 0 Å². The van der Waals surface area contributed by atoms with E-state index in [0.29, 0.717) is 17.7 Å². The standard InChI is InChI=1S/C14H10O3.C8H8/c15-14(16)10-5-3-7-13-11(10)8-9-4-1-2-6-12(9)17-13;1-2-8-6-4-3-5-7-8/h1-7H,8H2,(H,15,16);2-7H,1H2. The lowest BCUT2D eigenvalue weighted by atomic mass is 9.96. The molecule has 3 aromatic carbocycles. The largest absolute Gasteiger partial charge is 0.478 e. The Balaban J connectivity index is 0.000000192. The molecule has 0 bridgehead atoms. The van der Waals surface area contributed by atoms with Gasteiger partial charge in [0.1, 0.15) is 11.5 Å². The van der Waals surface area contributed by atoms with Crippen LogP contribution in [0.25, 0.3) is 6.08 Å². The zero-order chi connectivity index (χ0) is 17.6. The van der Waals surface area contributed by atoms with E-state index in [9.17, 15) is 4.79 Å². The monoisotopic (exact) mass is 330 g/mol. The third-order valence-electron chi connectivity index (χ3n) is 3.96. The average molecular weight is 330 g/mol. The van der Waals surface area contributed by atoms with Gasteiger partial charge in [0.05, 0.1) is 5.56 Å². The Kier molecular flexibility index (Phi) is 4.95. The van der Waals surface area contributed by atoms with Crippen LogP contribution < -0.4 is 4.74 Å². The summed E-state index contributed by atoms with van der Waals surface area (Å²) >= 11 is 0. The number of hydrogen-bond acceptors (Lipinski definition) is 2. The molecule has 3 nitrogen and oxygen atoms in total.